The highest BCUT2D eigenvalue weighted by molar-refractivity contribution is 6.04. The number of hydrogen-bond acceptors (Lipinski definition) is 14. The Morgan fingerprint density at radius 3 is 2.04 bits per heavy atom. The molecule has 0 spiro atoms. The minimum atomic E-state index is -2.44. The zero-order chi connectivity index (χ0) is 34.9. The number of hydrogen-bond donors (Lipinski definition) is 0. The molecule has 256 valence electrons. The summed E-state index contributed by atoms with van der Waals surface area (Å²) in [6, 6.07) is 6.61. The number of piperazine rings is 1. The van der Waals surface area contributed by atoms with E-state index in [9.17, 15) is 28.8 Å². The average molecular weight is 661 g/mol. The molecule has 0 aliphatic carbocycles. The molecular formula is C32H40N2O13. The largest absolute Gasteiger partial charge is 0.463 e. The molecule has 3 rings (SSSR count). The molecule has 1 aromatic rings. The van der Waals surface area contributed by atoms with Crippen LogP contribution in [-0.2, 0) is 68.3 Å². The van der Waals surface area contributed by atoms with E-state index < -0.39 is 72.6 Å². The van der Waals surface area contributed by atoms with E-state index in [1.807, 2.05) is 11.9 Å². The lowest BCUT2D eigenvalue weighted by Crippen LogP contribution is -2.57. The molecule has 2 fully saturated rings. The van der Waals surface area contributed by atoms with Crippen LogP contribution in [0.15, 0.2) is 24.3 Å². The zero-order valence-electron chi connectivity index (χ0n) is 27.3. The number of carbonyl (C=O) groups excluding carboxylic acids is 6. The summed E-state index contributed by atoms with van der Waals surface area (Å²) in [7, 11) is 1.85. The van der Waals surface area contributed by atoms with Crippen LogP contribution in [-0.4, -0.2) is 117 Å². The Hall–Kier alpha value is -4.52. The van der Waals surface area contributed by atoms with Crippen LogP contribution in [0.4, 0.5) is 5.69 Å². The normalized spacial score (nSPS) is 23.0. The van der Waals surface area contributed by atoms with Crippen LogP contribution in [0.25, 0.3) is 0 Å². The van der Waals surface area contributed by atoms with Gasteiger partial charge in [-0.15, -0.1) is 6.42 Å². The monoisotopic (exact) mass is 660 g/mol. The fraction of sp³-hybridized carbons (Fsp3) is 0.562. The predicted molar refractivity (Wildman–Crippen MR) is 161 cm³/mol. The Balaban J connectivity index is 2.03. The second kappa shape index (κ2) is 15.9. The molecule has 0 bridgehead atoms. The zero-order valence-corrected chi connectivity index (χ0v) is 27.3. The van der Waals surface area contributed by atoms with Gasteiger partial charge in [0.25, 0.3) is 5.60 Å². The third-order valence-corrected chi connectivity index (χ3v) is 7.36. The quantitative estimate of drug-likeness (QED) is 0.124. The average Bonchev–Trinajstić information content (AvgIpc) is 3.26. The van der Waals surface area contributed by atoms with Crippen LogP contribution in [0.1, 0.15) is 40.2 Å². The van der Waals surface area contributed by atoms with Gasteiger partial charge in [0.2, 0.25) is 23.9 Å². The van der Waals surface area contributed by atoms with Gasteiger partial charge in [0.15, 0.2) is 0 Å². The fourth-order valence-corrected chi connectivity index (χ4v) is 5.28. The molecule has 15 nitrogen and oxygen atoms in total. The van der Waals surface area contributed by atoms with E-state index in [0.717, 1.165) is 20.8 Å². The van der Waals surface area contributed by atoms with Crippen molar-refractivity contribution in [2.75, 3.05) is 51.4 Å². The van der Waals surface area contributed by atoms with Gasteiger partial charge in [-0.1, -0.05) is 18.1 Å². The maximum absolute atomic E-state index is 13.6. The number of likely N-dealkylation sites (N-methyl/N-ethyl adjacent to an activating group) is 1. The lowest BCUT2D eigenvalue weighted by atomic mass is 9.91. The van der Waals surface area contributed by atoms with Gasteiger partial charge in [0.1, 0.15) is 6.10 Å². The van der Waals surface area contributed by atoms with Gasteiger partial charge in [0.05, 0.1) is 26.4 Å². The van der Waals surface area contributed by atoms with Crippen LogP contribution in [0.3, 0.4) is 0 Å². The van der Waals surface area contributed by atoms with Crippen molar-refractivity contribution in [2.24, 2.45) is 0 Å². The van der Waals surface area contributed by atoms with E-state index in [1.165, 1.54) is 13.8 Å². The molecule has 0 N–H and O–H groups in total. The lowest BCUT2D eigenvalue weighted by molar-refractivity contribution is -0.206. The van der Waals surface area contributed by atoms with Crippen molar-refractivity contribution in [3.8, 4) is 12.3 Å². The minimum absolute atomic E-state index is 0.0809. The molecule has 2 aliphatic heterocycles. The third-order valence-electron chi connectivity index (χ3n) is 7.36. The number of ether oxygens (including phenoxy) is 7. The van der Waals surface area contributed by atoms with Gasteiger partial charge < -0.3 is 38.1 Å². The third kappa shape index (κ3) is 8.45. The molecule has 0 radical (unpaired) electrons. The van der Waals surface area contributed by atoms with Gasteiger partial charge in [-0.3, -0.25) is 24.1 Å². The number of terminal acetylenes is 1. The fourth-order valence-electron chi connectivity index (χ4n) is 5.28. The van der Waals surface area contributed by atoms with E-state index >= 15 is 0 Å². The lowest BCUT2D eigenvalue weighted by Gasteiger charge is -2.34. The summed E-state index contributed by atoms with van der Waals surface area (Å²) >= 11 is 0. The molecule has 47 heavy (non-hydrogen) atoms. The summed E-state index contributed by atoms with van der Waals surface area (Å²) in [5, 5.41) is 0. The van der Waals surface area contributed by atoms with E-state index in [4.69, 9.17) is 39.6 Å². The highest BCUT2D eigenvalue weighted by Crippen LogP contribution is 2.39. The van der Waals surface area contributed by atoms with Crippen molar-refractivity contribution in [1.29, 1.82) is 0 Å². The van der Waals surface area contributed by atoms with E-state index in [1.54, 1.807) is 29.2 Å². The van der Waals surface area contributed by atoms with Crippen LogP contribution >= 0.6 is 0 Å². The second-order valence-corrected chi connectivity index (χ2v) is 10.9. The van der Waals surface area contributed by atoms with Crippen LogP contribution in [0.2, 0.25) is 0 Å². The summed E-state index contributed by atoms with van der Waals surface area (Å²) in [5.74, 6) is -2.60. The van der Waals surface area contributed by atoms with E-state index in [-0.39, 0.29) is 25.7 Å². The number of amides is 1. The van der Waals surface area contributed by atoms with Crippen molar-refractivity contribution in [3.63, 3.8) is 0 Å². The standard InChI is InChI=1S/C32H40N2O13/c1-8-31(47-22(6)37)25(46-28(45-21(5)36)27(31)44-20(4)35)19-43-32(29(39)41-9-2,30(40)42-10-3)17-23-11-13-24(14-12-23)34-16-15-33(7)18-26(34)38/h1,11-14,25,27-28H,9-10,15-19H2,2-7H3/t25-,27+,28?,31-/m1/s1. The molecule has 1 amide bonds. The summed E-state index contributed by atoms with van der Waals surface area (Å²) in [5.41, 5.74) is -3.60. The number of esters is 5. The highest BCUT2D eigenvalue weighted by atomic mass is 16.8. The maximum atomic E-state index is 13.6. The summed E-state index contributed by atoms with van der Waals surface area (Å²) in [6.07, 6.45) is 0.598. The molecule has 0 aromatic heterocycles. The minimum Gasteiger partial charge on any atom is -0.463 e. The van der Waals surface area contributed by atoms with Crippen molar-refractivity contribution in [3.05, 3.63) is 29.8 Å². The van der Waals surface area contributed by atoms with Crippen molar-refractivity contribution in [1.82, 2.24) is 4.90 Å². The molecule has 4 atom stereocenters. The Morgan fingerprint density at radius 1 is 0.957 bits per heavy atom. The number of rotatable bonds is 13. The summed E-state index contributed by atoms with van der Waals surface area (Å²) in [6.45, 7) is 6.67. The first-order chi connectivity index (χ1) is 22.2. The van der Waals surface area contributed by atoms with Gasteiger partial charge in [-0.25, -0.2) is 9.59 Å². The first kappa shape index (κ1) is 36.9. The molecule has 2 saturated heterocycles. The molecule has 2 heterocycles. The van der Waals surface area contributed by atoms with Gasteiger partial charge >= 0.3 is 29.8 Å². The van der Waals surface area contributed by atoms with Crippen molar-refractivity contribution in [2.45, 2.75) is 70.7 Å². The smallest absolute Gasteiger partial charge is 0.350 e. The Kier molecular flexibility index (Phi) is 12.5. The summed E-state index contributed by atoms with van der Waals surface area (Å²) in [4.78, 5) is 79.5. The maximum Gasteiger partial charge on any atom is 0.350 e. The molecular weight excluding hydrogens is 620 g/mol. The molecule has 1 aromatic carbocycles. The Bertz CT molecular complexity index is 1370. The van der Waals surface area contributed by atoms with Gasteiger partial charge in [0, 0.05) is 46.0 Å². The first-order valence-electron chi connectivity index (χ1n) is 15.0. The van der Waals surface area contributed by atoms with E-state index in [0.29, 0.717) is 24.3 Å². The SMILES string of the molecule is C#C[C@@]1(OC(C)=O)[C@@H](COC(Cc2ccc(N3CCN(C)CC3=O)cc2)(C(=O)OCC)C(=O)OCC)OC(OC(C)=O)[C@@H]1OC(C)=O. The van der Waals surface area contributed by atoms with Crippen molar-refractivity contribution < 1.29 is 61.9 Å². The number of benzene rings is 1. The highest BCUT2D eigenvalue weighted by Gasteiger charge is 2.64. The number of nitrogens with zero attached hydrogens (tertiary/aromatic N) is 2. The van der Waals surface area contributed by atoms with Crippen LogP contribution in [0.5, 0.6) is 0 Å². The Labute approximate surface area is 272 Å². The first-order valence-corrected chi connectivity index (χ1v) is 15.0. The van der Waals surface area contributed by atoms with Crippen LogP contribution < -0.4 is 4.90 Å². The topological polar surface area (TPSA) is 174 Å². The predicted octanol–water partition coefficient (Wildman–Crippen LogP) is 0.544. The second-order valence-electron chi connectivity index (χ2n) is 10.9. The van der Waals surface area contributed by atoms with E-state index in [2.05, 4.69) is 5.92 Å². The van der Waals surface area contributed by atoms with Crippen molar-refractivity contribution >= 4 is 41.4 Å². The van der Waals surface area contributed by atoms with Crippen LogP contribution in [0, 0.1) is 12.3 Å². The van der Waals surface area contributed by atoms with Gasteiger partial charge in [-0.2, -0.15) is 0 Å². The summed E-state index contributed by atoms with van der Waals surface area (Å²) < 4.78 is 38.3. The van der Waals surface area contributed by atoms with Gasteiger partial charge in [-0.05, 0) is 38.6 Å². The molecule has 1 unspecified atom stereocenters. The Morgan fingerprint density at radius 2 is 1.55 bits per heavy atom. The molecule has 2 aliphatic rings. The number of carbonyl (C=O) groups is 6. The molecule has 0 saturated carbocycles. The molecule has 15 heteroatoms. The number of anilines is 1.